The zero-order valence-corrected chi connectivity index (χ0v) is 8.82. The first-order chi connectivity index (χ1) is 6.38. The number of hydrogen-bond donors (Lipinski definition) is 1. The number of aliphatic hydroxyl groups excluding tert-OH is 1. The van der Waals surface area contributed by atoms with Crippen molar-refractivity contribution in [1.29, 1.82) is 0 Å². The van der Waals surface area contributed by atoms with Crippen LogP contribution in [0.2, 0.25) is 0 Å². The van der Waals surface area contributed by atoms with Crippen LogP contribution in [-0.4, -0.2) is 47.7 Å². The van der Waals surface area contributed by atoms with Gasteiger partial charge in [-0.25, -0.2) is 4.79 Å². The molecule has 1 fully saturated rings. The van der Waals surface area contributed by atoms with Crippen molar-refractivity contribution in [3.05, 3.63) is 0 Å². The van der Waals surface area contributed by atoms with E-state index in [0.717, 1.165) is 0 Å². The summed E-state index contributed by atoms with van der Waals surface area (Å²) in [6.45, 7) is 6.41. The number of amides is 1. The second-order valence-corrected chi connectivity index (χ2v) is 4.25. The minimum Gasteiger partial charge on any atom is -0.444 e. The van der Waals surface area contributed by atoms with Gasteiger partial charge in [-0.1, -0.05) is 0 Å². The molecule has 1 amide bonds. The molecular weight excluding hydrogens is 186 g/mol. The van der Waals surface area contributed by atoms with E-state index in [4.69, 9.17) is 14.6 Å². The molecule has 1 heterocycles. The van der Waals surface area contributed by atoms with Crippen molar-refractivity contribution in [2.75, 3.05) is 19.7 Å². The third kappa shape index (κ3) is 3.51. The second-order valence-electron chi connectivity index (χ2n) is 4.25. The maximum Gasteiger partial charge on any atom is 0.410 e. The van der Waals surface area contributed by atoms with Gasteiger partial charge in [-0.05, 0) is 20.8 Å². The van der Waals surface area contributed by atoms with Gasteiger partial charge in [0.05, 0.1) is 13.2 Å². The molecule has 0 saturated carbocycles. The lowest BCUT2D eigenvalue weighted by Crippen LogP contribution is -2.47. The van der Waals surface area contributed by atoms with E-state index >= 15 is 0 Å². The molecule has 1 saturated heterocycles. The quantitative estimate of drug-likeness (QED) is 0.625. The predicted molar refractivity (Wildman–Crippen MR) is 49.8 cm³/mol. The van der Waals surface area contributed by atoms with Crippen molar-refractivity contribution in [3.8, 4) is 0 Å². The highest BCUT2D eigenvalue weighted by molar-refractivity contribution is 5.68. The van der Waals surface area contributed by atoms with Crippen LogP contribution < -0.4 is 0 Å². The Morgan fingerprint density at radius 2 is 2.21 bits per heavy atom. The first-order valence-corrected chi connectivity index (χ1v) is 4.66. The Hall–Kier alpha value is -0.810. The molecule has 1 unspecified atom stereocenters. The predicted octanol–water partition coefficient (Wildman–Crippen LogP) is 0.572. The molecule has 5 heteroatoms. The van der Waals surface area contributed by atoms with Gasteiger partial charge in [-0.2, -0.15) is 0 Å². The summed E-state index contributed by atoms with van der Waals surface area (Å²) in [5.74, 6) is 0. The van der Waals surface area contributed by atoms with Crippen LogP contribution in [0.3, 0.4) is 0 Å². The average molecular weight is 203 g/mol. The third-order valence-electron chi connectivity index (χ3n) is 1.70. The smallest absolute Gasteiger partial charge is 0.410 e. The van der Waals surface area contributed by atoms with Crippen molar-refractivity contribution in [3.63, 3.8) is 0 Å². The summed E-state index contributed by atoms with van der Waals surface area (Å²) in [5.41, 5.74) is -0.500. The van der Waals surface area contributed by atoms with Gasteiger partial charge in [0.15, 0.2) is 6.29 Å². The largest absolute Gasteiger partial charge is 0.444 e. The molecule has 0 aliphatic carbocycles. The van der Waals surface area contributed by atoms with Crippen LogP contribution in [0, 0.1) is 0 Å². The van der Waals surface area contributed by atoms with Crippen LogP contribution in [-0.2, 0) is 9.47 Å². The Balaban J connectivity index is 2.44. The SMILES string of the molecule is CC(C)(C)OC(=O)N1CCOC(O)C1. The molecule has 1 aliphatic heterocycles. The Labute approximate surface area is 83.6 Å². The molecule has 0 aromatic rings. The van der Waals surface area contributed by atoms with Gasteiger partial charge in [0.25, 0.3) is 0 Å². The minimum absolute atomic E-state index is 0.176. The van der Waals surface area contributed by atoms with Crippen molar-refractivity contribution in [2.24, 2.45) is 0 Å². The molecule has 82 valence electrons. The summed E-state index contributed by atoms with van der Waals surface area (Å²) < 4.78 is 10.0. The lowest BCUT2D eigenvalue weighted by atomic mass is 10.2. The average Bonchev–Trinajstić information content (AvgIpc) is 2.01. The van der Waals surface area contributed by atoms with E-state index in [0.29, 0.717) is 13.2 Å². The summed E-state index contributed by atoms with van der Waals surface area (Å²) in [6, 6.07) is 0. The first kappa shape index (κ1) is 11.3. The van der Waals surface area contributed by atoms with Crippen LogP contribution in [0.5, 0.6) is 0 Å². The van der Waals surface area contributed by atoms with Gasteiger partial charge in [-0.3, -0.25) is 0 Å². The molecular formula is C9H17NO4. The van der Waals surface area contributed by atoms with Crippen molar-refractivity contribution in [2.45, 2.75) is 32.7 Å². The lowest BCUT2D eigenvalue weighted by Gasteiger charge is -2.32. The zero-order chi connectivity index (χ0) is 10.8. The summed E-state index contributed by atoms with van der Waals surface area (Å²) in [7, 11) is 0. The number of β-amino-alcohol motifs (C(OH)–C–C–N with tert-alkyl or cyclic N) is 1. The van der Waals surface area contributed by atoms with Gasteiger partial charge in [0.1, 0.15) is 5.60 Å². The number of nitrogens with zero attached hydrogens (tertiary/aromatic N) is 1. The fraction of sp³-hybridized carbons (Fsp3) is 0.889. The highest BCUT2D eigenvalue weighted by Gasteiger charge is 2.26. The Kier molecular flexibility index (Phi) is 3.34. The Morgan fingerprint density at radius 1 is 1.57 bits per heavy atom. The van der Waals surface area contributed by atoms with Crippen molar-refractivity contribution < 1.29 is 19.4 Å². The molecule has 1 N–H and O–H groups in total. The number of rotatable bonds is 0. The normalized spacial score (nSPS) is 23.4. The highest BCUT2D eigenvalue weighted by Crippen LogP contribution is 2.12. The molecule has 0 radical (unpaired) electrons. The van der Waals surface area contributed by atoms with Crippen LogP contribution in [0.1, 0.15) is 20.8 Å². The van der Waals surface area contributed by atoms with Crippen LogP contribution in [0.4, 0.5) is 4.79 Å². The van der Waals surface area contributed by atoms with Crippen molar-refractivity contribution in [1.82, 2.24) is 4.90 Å². The maximum absolute atomic E-state index is 11.5. The maximum atomic E-state index is 11.5. The van der Waals surface area contributed by atoms with Gasteiger partial charge in [-0.15, -0.1) is 0 Å². The van der Waals surface area contributed by atoms with Gasteiger partial charge < -0.3 is 19.5 Å². The number of aliphatic hydroxyl groups is 1. The lowest BCUT2D eigenvalue weighted by molar-refractivity contribution is -0.143. The van der Waals surface area contributed by atoms with Crippen LogP contribution in [0.25, 0.3) is 0 Å². The van der Waals surface area contributed by atoms with E-state index in [1.165, 1.54) is 4.90 Å². The minimum atomic E-state index is -0.892. The monoisotopic (exact) mass is 203 g/mol. The number of carbonyl (C=O) groups excluding carboxylic acids is 1. The van der Waals surface area contributed by atoms with Crippen molar-refractivity contribution >= 4 is 6.09 Å². The molecule has 5 nitrogen and oxygen atoms in total. The topological polar surface area (TPSA) is 59.0 Å². The molecule has 1 aliphatic rings. The van der Waals surface area contributed by atoms with Crippen LogP contribution >= 0.6 is 0 Å². The Bertz CT molecular complexity index is 211. The highest BCUT2D eigenvalue weighted by atomic mass is 16.6. The summed E-state index contributed by atoms with van der Waals surface area (Å²) in [6.07, 6.45) is -1.30. The second kappa shape index (κ2) is 4.14. The molecule has 1 atom stereocenters. The van der Waals surface area contributed by atoms with E-state index in [1.807, 2.05) is 20.8 Å². The summed E-state index contributed by atoms with van der Waals surface area (Å²) in [4.78, 5) is 12.9. The number of hydrogen-bond acceptors (Lipinski definition) is 4. The van der Waals surface area contributed by atoms with Gasteiger partial charge >= 0.3 is 6.09 Å². The fourth-order valence-corrected chi connectivity index (χ4v) is 1.12. The zero-order valence-electron chi connectivity index (χ0n) is 8.82. The molecule has 14 heavy (non-hydrogen) atoms. The van der Waals surface area contributed by atoms with Crippen LogP contribution in [0.15, 0.2) is 0 Å². The van der Waals surface area contributed by atoms with E-state index < -0.39 is 18.0 Å². The molecule has 0 spiro atoms. The summed E-state index contributed by atoms with van der Waals surface area (Å²) >= 11 is 0. The third-order valence-corrected chi connectivity index (χ3v) is 1.70. The van der Waals surface area contributed by atoms with E-state index in [2.05, 4.69) is 0 Å². The molecule has 1 rings (SSSR count). The number of morpholine rings is 1. The first-order valence-electron chi connectivity index (χ1n) is 4.66. The van der Waals surface area contributed by atoms with E-state index in [1.54, 1.807) is 0 Å². The van der Waals surface area contributed by atoms with E-state index in [-0.39, 0.29) is 6.54 Å². The summed E-state index contributed by atoms with van der Waals surface area (Å²) in [5, 5.41) is 9.16. The Morgan fingerprint density at radius 3 is 2.71 bits per heavy atom. The van der Waals surface area contributed by atoms with Gasteiger partial charge in [0, 0.05) is 6.54 Å². The number of ether oxygens (including phenoxy) is 2. The standard InChI is InChI=1S/C9H17NO4/c1-9(2,3)14-8(12)10-4-5-13-7(11)6-10/h7,11H,4-6H2,1-3H3. The van der Waals surface area contributed by atoms with Gasteiger partial charge in [0.2, 0.25) is 0 Å². The van der Waals surface area contributed by atoms with E-state index in [9.17, 15) is 4.79 Å². The fourth-order valence-electron chi connectivity index (χ4n) is 1.12. The molecule has 0 bridgehead atoms. The molecule has 0 aromatic carbocycles. The number of carbonyl (C=O) groups is 1. The molecule has 0 aromatic heterocycles.